The number of nitrogens with two attached hydrogens (primary N) is 1. The van der Waals surface area contributed by atoms with Crippen molar-refractivity contribution < 1.29 is 4.39 Å². The summed E-state index contributed by atoms with van der Waals surface area (Å²) in [5, 5.41) is 0. The fourth-order valence-corrected chi connectivity index (χ4v) is 1.98. The summed E-state index contributed by atoms with van der Waals surface area (Å²) in [7, 11) is 0. The highest BCUT2D eigenvalue weighted by molar-refractivity contribution is 5.29. The van der Waals surface area contributed by atoms with Gasteiger partial charge >= 0.3 is 0 Å². The summed E-state index contributed by atoms with van der Waals surface area (Å²) >= 11 is 0. The van der Waals surface area contributed by atoms with Crippen LogP contribution in [-0.2, 0) is 5.54 Å². The van der Waals surface area contributed by atoms with Crippen molar-refractivity contribution in [2.75, 3.05) is 0 Å². The minimum atomic E-state index is -0.411. The third-order valence-corrected chi connectivity index (χ3v) is 3.25. The van der Waals surface area contributed by atoms with Crippen molar-refractivity contribution >= 4 is 0 Å². The molecule has 0 heterocycles. The second-order valence-corrected chi connectivity index (χ2v) is 3.96. The van der Waals surface area contributed by atoms with E-state index in [2.05, 4.69) is 6.92 Å². The second-order valence-electron chi connectivity index (χ2n) is 3.96. The molecular formula is C11H14FN. The van der Waals surface area contributed by atoms with E-state index in [1.807, 2.05) is 6.07 Å². The van der Waals surface area contributed by atoms with Crippen LogP contribution in [0.25, 0.3) is 0 Å². The maximum absolute atomic E-state index is 13.4. The zero-order chi connectivity index (χ0) is 9.47. The highest BCUT2D eigenvalue weighted by Gasteiger charge is 2.43. The lowest BCUT2D eigenvalue weighted by molar-refractivity contribution is 0.140. The van der Waals surface area contributed by atoms with Crippen molar-refractivity contribution in [3.05, 3.63) is 35.6 Å². The third kappa shape index (κ3) is 1.17. The lowest BCUT2D eigenvalue weighted by Gasteiger charge is -2.45. The predicted molar refractivity (Wildman–Crippen MR) is 50.7 cm³/mol. The Labute approximate surface area is 77.8 Å². The molecule has 1 saturated carbocycles. The zero-order valence-corrected chi connectivity index (χ0v) is 7.76. The molecule has 1 nitrogen and oxygen atoms in total. The van der Waals surface area contributed by atoms with Crippen LogP contribution in [0.15, 0.2) is 24.3 Å². The van der Waals surface area contributed by atoms with Gasteiger partial charge in [-0.05, 0) is 24.8 Å². The monoisotopic (exact) mass is 179 g/mol. The predicted octanol–water partition coefficient (Wildman–Crippen LogP) is 2.41. The van der Waals surface area contributed by atoms with Crippen LogP contribution in [0.3, 0.4) is 0 Å². The number of hydrogen-bond acceptors (Lipinski definition) is 1. The van der Waals surface area contributed by atoms with Crippen molar-refractivity contribution in [1.82, 2.24) is 0 Å². The van der Waals surface area contributed by atoms with Crippen molar-refractivity contribution in [1.29, 1.82) is 0 Å². The van der Waals surface area contributed by atoms with Crippen LogP contribution in [0.4, 0.5) is 4.39 Å². The Morgan fingerprint density at radius 1 is 1.46 bits per heavy atom. The largest absolute Gasteiger partial charge is 0.321 e. The first-order valence-electron chi connectivity index (χ1n) is 4.68. The molecule has 0 saturated heterocycles. The lowest BCUT2D eigenvalue weighted by Crippen LogP contribution is -2.51. The normalized spacial score (nSPS) is 32.7. The Hall–Kier alpha value is -0.890. The van der Waals surface area contributed by atoms with Gasteiger partial charge in [-0.15, -0.1) is 0 Å². The first kappa shape index (κ1) is 8.70. The summed E-state index contributed by atoms with van der Waals surface area (Å²) < 4.78 is 13.4. The first-order valence-corrected chi connectivity index (χ1v) is 4.68. The van der Waals surface area contributed by atoms with Crippen molar-refractivity contribution in [3.8, 4) is 0 Å². The van der Waals surface area contributed by atoms with Gasteiger partial charge in [0.25, 0.3) is 0 Å². The fourth-order valence-electron chi connectivity index (χ4n) is 1.98. The molecule has 0 bridgehead atoms. The van der Waals surface area contributed by atoms with E-state index in [1.54, 1.807) is 12.1 Å². The van der Waals surface area contributed by atoms with E-state index in [0.29, 0.717) is 11.5 Å². The summed E-state index contributed by atoms with van der Waals surface area (Å²) in [6.07, 6.45) is 2.00. The Morgan fingerprint density at radius 3 is 2.62 bits per heavy atom. The molecule has 2 N–H and O–H groups in total. The van der Waals surface area contributed by atoms with Gasteiger partial charge in [-0.1, -0.05) is 25.1 Å². The molecule has 13 heavy (non-hydrogen) atoms. The summed E-state index contributed by atoms with van der Waals surface area (Å²) in [5.41, 5.74) is 6.39. The van der Waals surface area contributed by atoms with Gasteiger partial charge in [0.2, 0.25) is 0 Å². The lowest BCUT2D eigenvalue weighted by atomic mass is 9.64. The van der Waals surface area contributed by atoms with Crippen LogP contribution in [0.2, 0.25) is 0 Å². The standard InChI is InChI=1S/C11H14FN/c1-8-6-7-11(8,13)9-4-2-3-5-10(9)12/h2-5,8H,6-7,13H2,1H3. The second kappa shape index (κ2) is 2.81. The Morgan fingerprint density at radius 2 is 2.15 bits per heavy atom. The van der Waals surface area contributed by atoms with Crippen molar-refractivity contribution in [3.63, 3.8) is 0 Å². The molecule has 2 rings (SSSR count). The molecule has 0 amide bonds. The number of rotatable bonds is 1. The molecule has 0 spiro atoms. The quantitative estimate of drug-likeness (QED) is 0.704. The summed E-state index contributed by atoms with van der Waals surface area (Å²) in [5.74, 6) is 0.223. The molecule has 2 heteroatoms. The van der Waals surface area contributed by atoms with Crippen molar-refractivity contribution in [2.24, 2.45) is 11.7 Å². The molecule has 0 aliphatic heterocycles. The van der Waals surface area contributed by atoms with Gasteiger partial charge in [0.1, 0.15) is 5.82 Å². The number of halogens is 1. The van der Waals surface area contributed by atoms with Gasteiger partial charge in [0.15, 0.2) is 0 Å². The Kier molecular flexibility index (Phi) is 1.88. The average molecular weight is 179 g/mol. The van der Waals surface area contributed by atoms with E-state index >= 15 is 0 Å². The molecule has 1 fully saturated rings. The van der Waals surface area contributed by atoms with Crippen LogP contribution in [0, 0.1) is 11.7 Å². The highest BCUT2D eigenvalue weighted by Crippen LogP contribution is 2.44. The molecule has 70 valence electrons. The summed E-state index contributed by atoms with van der Waals surface area (Å²) in [6, 6.07) is 6.82. The van der Waals surface area contributed by atoms with Crippen LogP contribution in [0.1, 0.15) is 25.3 Å². The van der Waals surface area contributed by atoms with Gasteiger partial charge in [-0.2, -0.15) is 0 Å². The van der Waals surface area contributed by atoms with Crippen LogP contribution in [0.5, 0.6) is 0 Å². The minimum Gasteiger partial charge on any atom is -0.321 e. The molecule has 2 unspecified atom stereocenters. The van der Waals surface area contributed by atoms with Gasteiger partial charge in [0, 0.05) is 11.1 Å². The fraction of sp³-hybridized carbons (Fsp3) is 0.455. The molecule has 1 aromatic carbocycles. The number of benzene rings is 1. The highest BCUT2D eigenvalue weighted by atomic mass is 19.1. The summed E-state index contributed by atoms with van der Waals surface area (Å²) in [6.45, 7) is 2.08. The smallest absolute Gasteiger partial charge is 0.128 e. The van der Waals surface area contributed by atoms with Crippen LogP contribution in [-0.4, -0.2) is 0 Å². The van der Waals surface area contributed by atoms with E-state index < -0.39 is 5.54 Å². The minimum absolute atomic E-state index is 0.170. The molecular weight excluding hydrogens is 165 g/mol. The van der Waals surface area contributed by atoms with Gasteiger partial charge in [-0.3, -0.25) is 0 Å². The Bertz CT molecular complexity index is 324. The third-order valence-electron chi connectivity index (χ3n) is 3.25. The first-order chi connectivity index (χ1) is 6.14. The SMILES string of the molecule is CC1CCC1(N)c1ccccc1F. The van der Waals surface area contributed by atoms with Crippen LogP contribution < -0.4 is 5.73 Å². The van der Waals surface area contributed by atoms with E-state index in [1.165, 1.54) is 6.07 Å². The molecule has 1 aromatic rings. The van der Waals surface area contributed by atoms with Gasteiger partial charge in [-0.25, -0.2) is 4.39 Å². The Balaban J connectivity index is 2.40. The van der Waals surface area contributed by atoms with Gasteiger partial charge < -0.3 is 5.73 Å². The van der Waals surface area contributed by atoms with E-state index in [-0.39, 0.29) is 5.82 Å². The molecule has 0 aromatic heterocycles. The zero-order valence-electron chi connectivity index (χ0n) is 7.76. The maximum Gasteiger partial charge on any atom is 0.128 e. The maximum atomic E-state index is 13.4. The average Bonchev–Trinajstić information content (AvgIpc) is 2.15. The van der Waals surface area contributed by atoms with Gasteiger partial charge in [0.05, 0.1) is 0 Å². The van der Waals surface area contributed by atoms with E-state index in [4.69, 9.17) is 5.73 Å². The molecule has 2 atom stereocenters. The topological polar surface area (TPSA) is 26.0 Å². The molecule has 0 radical (unpaired) electrons. The molecule has 1 aliphatic carbocycles. The van der Waals surface area contributed by atoms with Crippen LogP contribution >= 0.6 is 0 Å². The van der Waals surface area contributed by atoms with E-state index in [9.17, 15) is 4.39 Å². The van der Waals surface area contributed by atoms with Crippen molar-refractivity contribution in [2.45, 2.75) is 25.3 Å². The molecule has 1 aliphatic rings. The summed E-state index contributed by atoms with van der Waals surface area (Å²) in [4.78, 5) is 0. The van der Waals surface area contributed by atoms with E-state index in [0.717, 1.165) is 12.8 Å². The number of hydrogen-bond donors (Lipinski definition) is 1.